The minimum absolute atomic E-state index is 0.173. The Hall–Kier alpha value is -1.04. The highest BCUT2D eigenvalue weighted by molar-refractivity contribution is 5.12. The monoisotopic (exact) mass is 347 g/mol. The van der Waals surface area contributed by atoms with E-state index in [1.165, 1.54) is 57.8 Å². The van der Waals surface area contributed by atoms with E-state index in [9.17, 15) is 4.39 Å². The van der Waals surface area contributed by atoms with E-state index in [1.807, 2.05) is 6.07 Å². The lowest BCUT2D eigenvalue weighted by Crippen LogP contribution is -2.50. The predicted octanol–water partition coefficient (Wildman–Crippen LogP) is 3.08. The summed E-state index contributed by atoms with van der Waals surface area (Å²) in [4.78, 5) is 8.92. The van der Waals surface area contributed by atoms with Crippen molar-refractivity contribution < 1.29 is 9.13 Å². The van der Waals surface area contributed by atoms with Gasteiger partial charge < -0.3 is 9.64 Å². The van der Waals surface area contributed by atoms with Crippen LogP contribution in [-0.4, -0.2) is 60.2 Å². The first-order chi connectivity index (χ1) is 12.2. The third-order valence-electron chi connectivity index (χ3n) is 6.39. The van der Waals surface area contributed by atoms with Gasteiger partial charge in [-0.25, -0.2) is 4.39 Å². The average Bonchev–Trinajstić information content (AvgIpc) is 3.13. The number of nitrogens with zero attached hydrogens (tertiary/aromatic N) is 3. The van der Waals surface area contributed by atoms with Crippen LogP contribution in [0.15, 0.2) is 18.5 Å². The minimum Gasteiger partial charge on any atom is -0.377 e. The molecule has 0 saturated carbocycles. The molecule has 0 aliphatic carbocycles. The summed E-state index contributed by atoms with van der Waals surface area (Å²) < 4.78 is 19.7. The van der Waals surface area contributed by atoms with Gasteiger partial charge in [0.1, 0.15) is 5.82 Å². The molecule has 3 fully saturated rings. The largest absolute Gasteiger partial charge is 0.377 e. The fraction of sp³-hybridized carbons (Fsp3) is 0.750. The number of likely N-dealkylation sites (tertiary alicyclic amines) is 2. The molecule has 3 aliphatic heterocycles. The Bertz CT molecular complexity index is 568. The van der Waals surface area contributed by atoms with E-state index in [1.54, 1.807) is 6.20 Å². The number of pyridine rings is 1. The smallest absolute Gasteiger partial charge is 0.145 e. The second-order valence-electron chi connectivity index (χ2n) is 8.22. The number of rotatable bonds is 4. The van der Waals surface area contributed by atoms with E-state index < -0.39 is 0 Å². The summed E-state index contributed by atoms with van der Waals surface area (Å²) in [6.45, 7) is 7.36. The lowest BCUT2D eigenvalue weighted by Gasteiger charge is -2.48. The first kappa shape index (κ1) is 17.4. The highest BCUT2D eigenvalue weighted by Crippen LogP contribution is 2.40. The van der Waals surface area contributed by atoms with E-state index in [4.69, 9.17) is 4.74 Å². The van der Waals surface area contributed by atoms with E-state index in [2.05, 4.69) is 14.8 Å². The summed E-state index contributed by atoms with van der Waals surface area (Å²) in [5, 5.41) is 0. The number of ether oxygens (including phenoxy) is 1. The van der Waals surface area contributed by atoms with Crippen molar-refractivity contribution in [2.24, 2.45) is 5.41 Å². The molecule has 4 heterocycles. The zero-order valence-corrected chi connectivity index (χ0v) is 15.1. The number of hydrogen-bond acceptors (Lipinski definition) is 4. The molecule has 1 unspecified atom stereocenters. The number of halogens is 1. The maximum atomic E-state index is 13.9. The van der Waals surface area contributed by atoms with Crippen LogP contribution in [0.5, 0.6) is 0 Å². The van der Waals surface area contributed by atoms with Crippen molar-refractivity contribution >= 4 is 0 Å². The van der Waals surface area contributed by atoms with Gasteiger partial charge in [-0.2, -0.15) is 0 Å². The van der Waals surface area contributed by atoms with Crippen LogP contribution in [-0.2, 0) is 11.3 Å². The molecular weight excluding hydrogens is 317 g/mol. The highest BCUT2D eigenvalue weighted by Gasteiger charge is 2.38. The second kappa shape index (κ2) is 7.68. The van der Waals surface area contributed by atoms with Crippen LogP contribution < -0.4 is 0 Å². The number of aromatic nitrogens is 1. The van der Waals surface area contributed by atoms with Gasteiger partial charge in [0.25, 0.3) is 0 Å². The highest BCUT2D eigenvalue weighted by atomic mass is 19.1. The van der Waals surface area contributed by atoms with Crippen molar-refractivity contribution in [3.8, 4) is 0 Å². The van der Waals surface area contributed by atoms with E-state index in [-0.39, 0.29) is 5.82 Å². The molecule has 0 aromatic carbocycles. The molecule has 0 bridgehead atoms. The van der Waals surface area contributed by atoms with Crippen molar-refractivity contribution in [3.63, 3.8) is 0 Å². The SMILES string of the molecule is Fc1cnccc1CN1CCCC2(CCN(CC3CCCO3)CC2)C1. The topological polar surface area (TPSA) is 28.6 Å². The Morgan fingerprint density at radius 1 is 1.16 bits per heavy atom. The third-order valence-corrected chi connectivity index (χ3v) is 6.39. The van der Waals surface area contributed by atoms with E-state index in [0.29, 0.717) is 11.5 Å². The van der Waals surface area contributed by atoms with Gasteiger partial charge in [0.2, 0.25) is 0 Å². The van der Waals surface area contributed by atoms with Gasteiger partial charge in [0.15, 0.2) is 0 Å². The van der Waals surface area contributed by atoms with Crippen molar-refractivity contribution in [2.45, 2.75) is 51.2 Å². The molecule has 3 aliphatic rings. The molecule has 3 saturated heterocycles. The summed E-state index contributed by atoms with van der Waals surface area (Å²) in [5.41, 5.74) is 1.22. The standard InChI is InChI=1S/C20H30FN3O/c21-19-13-22-8-4-17(19)14-24-9-2-5-20(16-24)6-10-23(11-7-20)15-18-3-1-12-25-18/h4,8,13,18H,1-3,5-7,9-12,14-16H2. The Morgan fingerprint density at radius 3 is 2.80 bits per heavy atom. The molecule has 4 rings (SSSR count). The minimum atomic E-state index is -0.173. The molecule has 25 heavy (non-hydrogen) atoms. The molecule has 138 valence electrons. The fourth-order valence-corrected chi connectivity index (χ4v) is 4.91. The Morgan fingerprint density at radius 2 is 2.04 bits per heavy atom. The lowest BCUT2D eigenvalue weighted by atomic mass is 9.72. The Kier molecular flexibility index (Phi) is 5.34. The van der Waals surface area contributed by atoms with Gasteiger partial charge in [-0.05, 0) is 69.6 Å². The van der Waals surface area contributed by atoms with Crippen molar-refractivity contribution in [3.05, 3.63) is 29.8 Å². The van der Waals surface area contributed by atoms with Gasteiger partial charge in [0, 0.05) is 38.0 Å². The van der Waals surface area contributed by atoms with Crippen LogP contribution in [0, 0.1) is 11.2 Å². The number of piperidine rings is 2. The van der Waals surface area contributed by atoms with Crippen LogP contribution in [0.3, 0.4) is 0 Å². The van der Waals surface area contributed by atoms with Gasteiger partial charge >= 0.3 is 0 Å². The third kappa shape index (κ3) is 4.21. The second-order valence-corrected chi connectivity index (χ2v) is 8.22. The van der Waals surface area contributed by atoms with Gasteiger partial charge in [-0.1, -0.05) is 0 Å². The van der Waals surface area contributed by atoms with Crippen LogP contribution in [0.1, 0.15) is 44.1 Å². The Labute approximate surface area is 150 Å². The molecule has 1 aromatic rings. The first-order valence-electron chi connectivity index (χ1n) is 9.87. The van der Waals surface area contributed by atoms with Gasteiger partial charge in [0.05, 0.1) is 12.3 Å². The van der Waals surface area contributed by atoms with Crippen molar-refractivity contribution in [2.75, 3.05) is 39.3 Å². The fourth-order valence-electron chi connectivity index (χ4n) is 4.91. The lowest BCUT2D eigenvalue weighted by molar-refractivity contribution is 0.00204. The molecule has 1 spiro atoms. The van der Waals surface area contributed by atoms with E-state index in [0.717, 1.165) is 38.3 Å². The van der Waals surface area contributed by atoms with Gasteiger partial charge in [-0.3, -0.25) is 9.88 Å². The molecule has 0 radical (unpaired) electrons. The summed E-state index contributed by atoms with van der Waals surface area (Å²) in [5.74, 6) is -0.173. The van der Waals surface area contributed by atoms with Crippen molar-refractivity contribution in [1.29, 1.82) is 0 Å². The predicted molar refractivity (Wildman–Crippen MR) is 95.8 cm³/mol. The summed E-state index contributed by atoms with van der Waals surface area (Å²) in [6, 6.07) is 1.82. The number of hydrogen-bond donors (Lipinski definition) is 0. The molecule has 0 N–H and O–H groups in total. The average molecular weight is 347 g/mol. The van der Waals surface area contributed by atoms with E-state index >= 15 is 0 Å². The molecular formula is C20H30FN3O. The van der Waals surface area contributed by atoms with Crippen LogP contribution >= 0.6 is 0 Å². The molecule has 0 amide bonds. The normalized spacial score (nSPS) is 27.8. The maximum absolute atomic E-state index is 13.9. The van der Waals surface area contributed by atoms with Gasteiger partial charge in [-0.15, -0.1) is 0 Å². The molecule has 1 atom stereocenters. The van der Waals surface area contributed by atoms with Crippen LogP contribution in [0.25, 0.3) is 0 Å². The molecule has 1 aromatic heterocycles. The zero-order valence-electron chi connectivity index (χ0n) is 15.1. The zero-order chi connectivity index (χ0) is 17.1. The van der Waals surface area contributed by atoms with Crippen LogP contribution in [0.4, 0.5) is 4.39 Å². The quantitative estimate of drug-likeness (QED) is 0.837. The molecule has 4 nitrogen and oxygen atoms in total. The molecule has 5 heteroatoms. The maximum Gasteiger partial charge on any atom is 0.145 e. The summed E-state index contributed by atoms with van der Waals surface area (Å²) in [7, 11) is 0. The first-order valence-corrected chi connectivity index (χ1v) is 9.87. The van der Waals surface area contributed by atoms with Crippen LogP contribution in [0.2, 0.25) is 0 Å². The Balaban J connectivity index is 1.31. The summed E-state index contributed by atoms with van der Waals surface area (Å²) >= 11 is 0. The summed E-state index contributed by atoms with van der Waals surface area (Å²) in [6.07, 6.45) is 11.1. The van der Waals surface area contributed by atoms with Crippen molar-refractivity contribution in [1.82, 2.24) is 14.8 Å².